The van der Waals surface area contributed by atoms with Crippen LogP contribution < -0.4 is 4.74 Å². The Balaban J connectivity index is 1.77. The molecule has 1 unspecified atom stereocenters. The quantitative estimate of drug-likeness (QED) is 0.343. The first kappa shape index (κ1) is 20.2. The molecular formula is C27H20O4S. The summed E-state index contributed by atoms with van der Waals surface area (Å²) in [6, 6.07) is 29.0. The maximum absolute atomic E-state index is 12.4. The van der Waals surface area contributed by atoms with Crippen molar-refractivity contribution in [3.63, 3.8) is 0 Å². The molecule has 4 nitrogen and oxygen atoms in total. The molecule has 0 aromatic heterocycles. The van der Waals surface area contributed by atoms with Crippen molar-refractivity contribution in [2.24, 2.45) is 0 Å². The fourth-order valence-corrected chi connectivity index (χ4v) is 4.82. The van der Waals surface area contributed by atoms with Crippen LogP contribution in [0.1, 0.15) is 28.2 Å². The first-order valence-corrected chi connectivity index (χ1v) is 11.7. The lowest BCUT2D eigenvalue weighted by Crippen LogP contribution is -2.16. The van der Waals surface area contributed by atoms with Crippen LogP contribution in [0.2, 0.25) is 0 Å². The Labute approximate surface area is 187 Å². The van der Waals surface area contributed by atoms with Crippen LogP contribution in [-0.4, -0.2) is 14.7 Å². The second-order valence-corrected chi connectivity index (χ2v) is 8.69. The summed E-state index contributed by atoms with van der Waals surface area (Å²) in [6.45, 7) is 0. The third-order valence-electron chi connectivity index (χ3n) is 5.77. The van der Waals surface area contributed by atoms with Gasteiger partial charge in [0, 0.05) is 16.7 Å². The Morgan fingerprint density at radius 2 is 1.53 bits per heavy atom. The van der Waals surface area contributed by atoms with Gasteiger partial charge < -0.3 is 9.53 Å². The minimum atomic E-state index is -2.50. The maximum atomic E-state index is 12.4. The molecule has 0 saturated heterocycles. The molecule has 4 aromatic carbocycles. The highest BCUT2D eigenvalue weighted by atomic mass is 32.2. The number of rotatable bonds is 5. The summed E-state index contributed by atoms with van der Waals surface area (Å²) in [7, 11) is -2.50. The molecule has 0 spiro atoms. The van der Waals surface area contributed by atoms with Gasteiger partial charge in [0.25, 0.3) is 0 Å². The monoisotopic (exact) mass is 440 g/mol. The van der Waals surface area contributed by atoms with Gasteiger partial charge in [0.2, 0.25) is 0 Å². The van der Waals surface area contributed by atoms with Crippen molar-refractivity contribution < 1.29 is 17.9 Å². The van der Waals surface area contributed by atoms with Gasteiger partial charge in [0.15, 0.2) is 0 Å². The summed E-state index contributed by atoms with van der Waals surface area (Å²) >= 11 is 0. The van der Waals surface area contributed by atoms with Crippen molar-refractivity contribution in [1.29, 1.82) is 0 Å². The summed E-state index contributed by atoms with van der Waals surface area (Å²) in [6.07, 6.45) is 0.967. The van der Waals surface area contributed by atoms with Crippen molar-refractivity contribution in [3.05, 3.63) is 113 Å². The van der Waals surface area contributed by atoms with Crippen LogP contribution in [0, 0.1) is 0 Å². The van der Waals surface area contributed by atoms with Crippen LogP contribution in [0.25, 0.3) is 22.1 Å². The van der Waals surface area contributed by atoms with Gasteiger partial charge in [-0.2, -0.15) is 0 Å². The number of thiol groups is 1. The van der Waals surface area contributed by atoms with Crippen LogP contribution in [0.15, 0.2) is 91.0 Å². The van der Waals surface area contributed by atoms with Crippen LogP contribution in [0.3, 0.4) is 0 Å². The lowest BCUT2D eigenvalue weighted by molar-refractivity contribution is -0.108. The van der Waals surface area contributed by atoms with Crippen molar-refractivity contribution in [3.8, 4) is 5.75 Å². The van der Waals surface area contributed by atoms with Crippen LogP contribution in [0.4, 0.5) is 0 Å². The normalized spacial score (nSPS) is 15.5. The van der Waals surface area contributed by atoms with E-state index in [2.05, 4.69) is 0 Å². The van der Waals surface area contributed by atoms with Crippen molar-refractivity contribution in [2.75, 3.05) is 0 Å². The van der Waals surface area contributed by atoms with Gasteiger partial charge in [-0.1, -0.05) is 84.9 Å². The molecule has 0 N–H and O–H groups in total. The average Bonchev–Trinajstić information content (AvgIpc) is 2.82. The number of benzene rings is 4. The Morgan fingerprint density at radius 1 is 0.812 bits per heavy atom. The molecule has 5 heteroatoms. The van der Waals surface area contributed by atoms with Crippen molar-refractivity contribution >= 4 is 39.1 Å². The van der Waals surface area contributed by atoms with E-state index in [1.54, 1.807) is 12.1 Å². The number of hydrogen-bond acceptors (Lipinski definition) is 4. The molecule has 0 bridgehead atoms. The van der Waals surface area contributed by atoms with Crippen LogP contribution in [-0.2, 0) is 21.3 Å². The topological polar surface area (TPSA) is 60.4 Å². The Bertz CT molecular complexity index is 1420. The predicted octanol–water partition coefficient (Wildman–Crippen LogP) is 5.19. The fraction of sp³-hybridized carbons (Fsp3) is 0.0741. The molecule has 158 valence electrons. The van der Waals surface area contributed by atoms with Crippen molar-refractivity contribution in [2.45, 2.75) is 11.7 Å². The first-order chi connectivity index (χ1) is 15.7. The van der Waals surface area contributed by atoms with Gasteiger partial charge in [-0.15, -0.1) is 0 Å². The molecule has 4 aromatic rings. The lowest BCUT2D eigenvalue weighted by atomic mass is 9.81. The molecule has 32 heavy (non-hydrogen) atoms. The molecule has 5 rings (SSSR count). The molecule has 1 heterocycles. The highest BCUT2D eigenvalue weighted by Crippen LogP contribution is 2.47. The van der Waals surface area contributed by atoms with E-state index >= 15 is 0 Å². The third kappa shape index (κ3) is 3.61. The van der Waals surface area contributed by atoms with E-state index in [0.717, 1.165) is 39.3 Å². The van der Waals surface area contributed by atoms with E-state index in [4.69, 9.17) is 4.74 Å². The molecule has 0 saturated carbocycles. The molecule has 1 aliphatic heterocycles. The van der Waals surface area contributed by atoms with Gasteiger partial charge in [-0.25, -0.2) is 8.42 Å². The zero-order valence-corrected chi connectivity index (χ0v) is 18.0. The zero-order chi connectivity index (χ0) is 22.1. The molecule has 1 aliphatic rings. The lowest BCUT2D eigenvalue weighted by Gasteiger charge is -2.29. The maximum Gasteiger partial charge on any atom is 0.144 e. The Hall–Kier alpha value is -3.70. The van der Waals surface area contributed by atoms with E-state index < -0.39 is 16.6 Å². The molecular weight excluding hydrogens is 420 g/mol. The summed E-state index contributed by atoms with van der Waals surface area (Å²) in [4.78, 5) is 12.4. The molecule has 1 atom stereocenters. The standard InChI is InChI=1S/C27H20O4S/c28-16-24-22-9-3-4-11-25(22)31-27(20-14-12-18(13-15-20)17-32(29)30)26(24)23-10-5-7-19-6-1-2-8-21(19)23/h1-16,24,32H,17H2. The third-order valence-corrected chi connectivity index (χ3v) is 6.39. The summed E-state index contributed by atoms with van der Waals surface area (Å²) in [5.74, 6) is 0.757. The van der Waals surface area contributed by atoms with E-state index in [1.807, 2.05) is 78.9 Å². The number of allylic oxidation sites excluding steroid dienone is 1. The van der Waals surface area contributed by atoms with Crippen LogP contribution in [0.5, 0.6) is 5.75 Å². The average molecular weight is 441 g/mol. The highest BCUT2D eigenvalue weighted by molar-refractivity contribution is 7.71. The minimum Gasteiger partial charge on any atom is -0.456 e. The SMILES string of the molecule is O=CC1C(c2cccc3ccccc23)=C(c2ccc(C[SH](=O)=O)cc2)Oc2ccccc21. The molecule has 0 amide bonds. The van der Waals surface area contributed by atoms with Gasteiger partial charge in [0.05, 0.1) is 11.7 Å². The molecule has 0 fully saturated rings. The number of ether oxygens (including phenoxy) is 1. The van der Waals surface area contributed by atoms with Crippen LogP contribution >= 0.6 is 0 Å². The summed E-state index contributed by atoms with van der Waals surface area (Å²) < 4.78 is 28.6. The summed E-state index contributed by atoms with van der Waals surface area (Å²) in [5.41, 5.74) is 4.07. The molecule has 0 radical (unpaired) electrons. The largest absolute Gasteiger partial charge is 0.456 e. The smallest absolute Gasteiger partial charge is 0.144 e. The van der Waals surface area contributed by atoms with E-state index in [9.17, 15) is 13.2 Å². The van der Waals surface area contributed by atoms with E-state index in [0.29, 0.717) is 17.1 Å². The fourth-order valence-electron chi connectivity index (χ4n) is 4.31. The summed E-state index contributed by atoms with van der Waals surface area (Å²) in [5, 5.41) is 2.12. The number of carbonyl (C=O) groups excluding carboxylic acids is 1. The van der Waals surface area contributed by atoms with Gasteiger partial charge in [-0.05, 0) is 28.0 Å². The van der Waals surface area contributed by atoms with Crippen molar-refractivity contribution in [1.82, 2.24) is 0 Å². The van der Waals surface area contributed by atoms with Gasteiger partial charge in [-0.3, -0.25) is 0 Å². The first-order valence-electron chi connectivity index (χ1n) is 10.3. The van der Waals surface area contributed by atoms with Gasteiger partial charge in [0.1, 0.15) is 28.5 Å². The second kappa shape index (κ2) is 8.44. The van der Waals surface area contributed by atoms with E-state index in [-0.39, 0.29) is 5.75 Å². The highest BCUT2D eigenvalue weighted by Gasteiger charge is 2.31. The number of carbonyl (C=O) groups is 1. The number of aldehydes is 1. The minimum absolute atomic E-state index is 0.00844. The number of fused-ring (bicyclic) bond motifs is 2. The Kier molecular flexibility index (Phi) is 5.33. The molecule has 0 aliphatic carbocycles. The van der Waals surface area contributed by atoms with Gasteiger partial charge >= 0.3 is 0 Å². The predicted molar refractivity (Wildman–Crippen MR) is 127 cm³/mol. The Morgan fingerprint density at radius 3 is 2.31 bits per heavy atom. The second-order valence-electron chi connectivity index (χ2n) is 7.71. The zero-order valence-electron chi connectivity index (χ0n) is 17.1. The van der Waals surface area contributed by atoms with E-state index in [1.165, 1.54) is 0 Å². The number of hydrogen-bond donors (Lipinski definition) is 1. The number of para-hydroxylation sites is 1.